The highest BCUT2D eigenvalue weighted by Crippen LogP contribution is 2.33. The molecule has 0 saturated carbocycles. The van der Waals surface area contributed by atoms with Crippen LogP contribution in [0.15, 0.2) is 33.6 Å². The number of aromatic nitrogens is 4. The van der Waals surface area contributed by atoms with Gasteiger partial charge in [-0.2, -0.15) is 0 Å². The molecule has 0 aliphatic carbocycles. The fraction of sp³-hybridized carbons (Fsp3) is 0.464. The van der Waals surface area contributed by atoms with Gasteiger partial charge in [0.25, 0.3) is 11.4 Å². The maximum Gasteiger partial charge on any atom is 0.411 e. The van der Waals surface area contributed by atoms with Gasteiger partial charge < -0.3 is 14.5 Å². The lowest BCUT2D eigenvalue weighted by molar-refractivity contribution is -0.122. The molecule has 0 aliphatic rings. The van der Waals surface area contributed by atoms with Crippen LogP contribution in [0.2, 0.25) is 0 Å². The van der Waals surface area contributed by atoms with Crippen molar-refractivity contribution >= 4 is 23.5 Å². The molecule has 226 valence electrons. The molecule has 0 saturated heterocycles. The van der Waals surface area contributed by atoms with Crippen LogP contribution in [0.25, 0.3) is 0 Å². The zero-order valence-corrected chi connectivity index (χ0v) is 24.7. The van der Waals surface area contributed by atoms with Crippen LogP contribution in [0.4, 0.5) is 19.3 Å². The lowest BCUT2D eigenvalue weighted by atomic mass is 9.84. The summed E-state index contributed by atoms with van der Waals surface area (Å²) in [7, 11) is 1.13. The number of nitrogens with zero attached hydrogens (tertiary/aromatic N) is 4. The smallest absolute Gasteiger partial charge is 0.411 e. The normalized spacial score (nSPS) is 12.6. The summed E-state index contributed by atoms with van der Waals surface area (Å²) in [6, 6.07) is 1.96. The highest BCUT2D eigenvalue weighted by molar-refractivity contribution is 5.98. The summed E-state index contributed by atoms with van der Waals surface area (Å²) >= 11 is 0. The summed E-state index contributed by atoms with van der Waals surface area (Å²) in [5, 5.41) is 12.6. The Hall–Kier alpha value is -4.49. The first-order valence-corrected chi connectivity index (χ1v) is 13.1. The molecule has 0 radical (unpaired) electrons. The lowest BCUT2D eigenvalue weighted by Crippen LogP contribution is -2.47. The van der Waals surface area contributed by atoms with Gasteiger partial charge in [-0.3, -0.25) is 24.3 Å². The Bertz CT molecular complexity index is 1560. The second kappa shape index (κ2) is 12.2. The third kappa shape index (κ3) is 6.86. The van der Waals surface area contributed by atoms with E-state index in [1.807, 2.05) is 0 Å². The molecule has 2 N–H and O–H groups in total. The molecule has 2 heterocycles. The third-order valence-electron chi connectivity index (χ3n) is 6.48. The van der Waals surface area contributed by atoms with Crippen molar-refractivity contribution in [2.45, 2.75) is 71.9 Å². The molecule has 12 nitrogen and oxygen atoms in total. The van der Waals surface area contributed by atoms with E-state index in [2.05, 4.69) is 30.6 Å². The van der Waals surface area contributed by atoms with Gasteiger partial charge in [0, 0.05) is 17.0 Å². The van der Waals surface area contributed by atoms with E-state index in [1.54, 1.807) is 48.5 Å². The Kier molecular flexibility index (Phi) is 9.28. The number of methoxy groups -OCH3 is 1. The topological polar surface area (TPSA) is 158 Å². The fourth-order valence-electron chi connectivity index (χ4n) is 4.20. The Balaban J connectivity index is 1.88. The molecule has 1 aromatic carbocycles. The van der Waals surface area contributed by atoms with Crippen LogP contribution in [-0.4, -0.2) is 50.7 Å². The number of benzene rings is 1. The molecule has 42 heavy (non-hydrogen) atoms. The first-order valence-electron chi connectivity index (χ1n) is 13.1. The number of ether oxygens (including phenoxy) is 1. The van der Waals surface area contributed by atoms with E-state index in [1.165, 1.54) is 12.3 Å². The van der Waals surface area contributed by atoms with Gasteiger partial charge in [0.1, 0.15) is 29.7 Å². The second-order valence-electron chi connectivity index (χ2n) is 11.6. The summed E-state index contributed by atoms with van der Waals surface area (Å²) in [6.45, 7) is 11.4. The number of amides is 2. The minimum Gasteiger partial charge on any atom is -0.453 e. The number of hydrogen-bond acceptors (Lipinski definition) is 9. The molecule has 0 bridgehead atoms. The zero-order valence-electron chi connectivity index (χ0n) is 24.7. The number of Topliss-reactive ketones (excluding diaryl/α,β-unsaturated/α-hetero) is 1. The van der Waals surface area contributed by atoms with Crippen LogP contribution in [-0.2, 0) is 26.9 Å². The largest absolute Gasteiger partial charge is 0.453 e. The van der Waals surface area contributed by atoms with Crippen molar-refractivity contribution in [2.24, 2.45) is 5.92 Å². The van der Waals surface area contributed by atoms with Crippen molar-refractivity contribution in [2.75, 3.05) is 12.4 Å². The second-order valence-corrected chi connectivity index (χ2v) is 11.6. The first-order chi connectivity index (χ1) is 19.5. The van der Waals surface area contributed by atoms with E-state index in [0.29, 0.717) is 0 Å². The Labute approximate surface area is 240 Å². The molecule has 1 atom stereocenters. The molecular formula is C28H34F2N6O6. The molecule has 0 spiro atoms. The predicted molar refractivity (Wildman–Crippen MR) is 147 cm³/mol. The van der Waals surface area contributed by atoms with Crippen LogP contribution in [0.3, 0.4) is 0 Å². The maximum absolute atomic E-state index is 14.5. The summed E-state index contributed by atoms with van der Waals surface area (Å²) < 4.78 is 39.2. The fourth-order valence-corrected chi connectivity index (χ4v) is 4.20. The number of nitrogens with one attached hydrogen (secondary N) is 2. The predicted octanol–water partition coefficient (Wildman–Crippen LogP) is 3.73. The molecule has 3 aromatic rings. The van der Waals surface area contributed by atoms with Crippen LogP contribution in [0.1, 0.15) is 76.4 Å². The van der Waals surface area contributed by atoms with Gasteiger partial charge in [-0.25, -0.2) is 18.6 Å². The van der Waals surface area contributed by atoms with Crippen LogP contribution >= 0.6 is 0 Å². The monoisotopic (exact) mass is 588 g/mol. The average molecular weight is 589 g/mol. The minimum atomic E-state index is -1.21. The molecule has 2 aromatic heterocycles. The van der Waals surface area contributed by atoms with Crippen molar-refractivity contribution in [1.82, 2.24) is 25.1 Å². The van der Waals surface area contributed by atoms with E-state index in [9.17, 15) is 28.0 Å². The van der Waals surface area contributed by atoms with Crippen molar-refractivity contribution in [3.05, 3.63) is 69.6 Å². The van der Waals surface area contributed by atoms with Gasteiger partial charge >= 0.3 is 6.09 Å². The van der Waals surface area contributed by atoms with Gasteiger partial charge in [-0.05, 0) is 25.8 Å². The van der Waals surface area contributed by atoms with Crippen molar-refractivity contribution in [3.63, 3.8) is 0 Å². The van der Waals surface area contributed by atoms with Crippen LogP contribution < -0.4 is 16.2 Å². The molecular weight excluding hydrogens is 554 g/mol. The summed E-state index contributed by atoms with van der Waals surface area (Å²) in [5.41, 5.74) is -2.68. The van der Waals surface area contributed by atoms with E-state index < -0.39 is 70.2 Å². The number of carbonyl (C=O) groups is 3. The third-order valence-corrected chi connectivity index (χ3v) is 6.48. The van der Waals surface area contributed by atoms with Crippen molar-refractivity contribution in [3.8, 4) is 0 Å². The molecule has 0 aliphatic heterocycles. The summed E-state index contributed by atoms with van der Waals surface area (Å²) in [6.07, 6.45) is 0.296. The van der Waals surface area contributed by atoms with Crippen LogP contribution in [0.5, 0.6) is 0 Å². The minimum absolute atomic E-state index is 0.0814. The van der Waals surface area contributed by atoms with Gasteiger partial charge in [0.15, 0.2) is 0 Å². The quantitative estimate of drug-likeness (QED) is 0.355. The van der Waals surface area contributed by atoms with Gasteiger partial charge in [-0.1, -0.05) is 40.7 Å². The van der Waals surface area contributed by atoms with Crippen molar-refractivity contribution < 1.29 is 32.3 Å². The SMILES string of the molecule is COC(=O)Nc1cnc(C(C)(C)C)n(CC(=O)N[C@@H](C(=O)c2nnc(C(C)(C)c3ccc(F)cc3F)o2)C(C)C)c1=O. The Morgan fingerprint density at radius 2 is 1.76 bits per heavy atom. The van der Waals surface area contributed by atoms with Crippen molar-refractivity contribution in [1.29, 1.82) is 0 Å². The van der Waals surface area contributed by atoms with E-state index >= 15 is 0 Å². The number of carbonyl (C=O) groups excluding carboxylic acids is 3. The zero-order chi connectivity index (χ0) is 31.6. The Morgan fingerprint density at radius 3 is 2.33 bits per heavy atom. The van der Waals surface area contributed by atoms with Gasteiger partial charge in [0.2, 0.25) is 17.6 Å². The highest BCUT2D eigenvalue weighted by Gasteiger charge is 2.36. The maximum atomic E-state index is 14.5. The molecule has 0 unspecified atom stereocenters. The number of hydrogen-bond donors (Lipinski definition) is 2. The molecule has 2 amide bonds. The average Bonchev–Trinajstić information content (AvgIpc) is 3.39. The van der Waals surface area contributed by atoms with Gasteiger partial charge in [0.05, 0.1) is 24.8 Å². The standard InChI is InChI=1S/C28H34F2N6O6/c1-14(2)20(21(38)22-34-35-25(42-22)28(6,7)16-10-9-15(29)11-17(16)30)33-19(37)13-36-23(39)18(32-26(40)41-8)12-31-24(36)27(3,4)5/h9-12,14,20H,13H2,1-8H3,(H,32,40)(H,33,37)/t20-/m1/s1. The lowest BCUT2D eigenvalue weighted by Gasteiger charge is -2.24. The highest BCUT2D eigenvalue weighted by atomic mass is 19.1. The molecule has 3 rings (SSSR count). The first kappa shape index (κ1) is 32.0. The van der Waals surface area contributed by atoms with E-state index in [4.69, 9.17) is 4.42 Å². The van der Waals surface area contributed by atoms with Crippen LogP contribution in [0, 0.1) is 17.6 Å². The number of rotatable bonds is 9. The number of halogens is 2. The number of ketones is 1. The Morgan fingerprint density at radius 1 is 1.10 bits per heavy atom. The van der Waals surface area contributed by atoms with E-state index in [-0.39, 0.29) is 23.0 Å². The summed E-state index contributed by atoms with van der Waals surface area (Å²) in [5.74, 6) is -3.64. The summed E-state index contributed by atoms with van der Waals surface area (Å²) in [4.78, 5) is 55.7. The van der Waals surface area contributed by atoms with Gasteiger partial charge in [-0.15, -0.1) is 10.2 Å². The number of anilines is 1. The molecule has 0 fully saturated rings. The molecule has 14 heteroatoms. The van der Waals surface area contributed by atoms with E-state index in [0.717, 1.165) is 23.8 Å².